The monoisotopic (exact) mass is 212 g/mol. The van der Waals surface area contributed by atoms with Gasteiger partial charge in [-0.2, -0.15) is 0 Å². The summed E-state index contributed by atoms with van der Waals surface area (Å²) in [5, 5.41) is 0.749. The van der Waals surface area contributed by atoms with Crippen molar-refractivity contribution in [1.29, 1.82) is 0 Å². The van der Waals surface area contributed by atoms with Gasteiger partial charge in [-0.05, 0) is 19.1 Å². The minimum atomic E-state index is 0.749. The first-order chi connectivity index (χ1) is 6.75. The lowest BCUT2D eigenvalue weighted by atomic mass is 10.3. The zero-order chi connectivity index (χ0) is 9.97. The molecule has 0 bridgehead atoms. The summed E-state index contributed by atoms with van der Waals surface area (Å²) >= 11 is 5.97. The summed E-state index contributed by atoms with van der Waals surface area (Å²) in [7, 11) is 0. The number of aromatic nitrogens is 1. The van der Waals surface area contributed by atoms with Gasteiger partial charge in [-0.1, -0.05) is 11.6 Å². The Morgan fingerprint density at radius 1 is 1.36 bits per heavy atom. The number of hydrogen-bond donors (Lipinski definition) is 0. The first-order valence-corrected chi connectivity index (χ1v) is 5.10. The second-order valence-electron chi connectivity index (χ2n) is 3.38. The fourth-order valence-electron chi connectivity index (χ4n) is 1.56. The normalized spacial score (nSPS) is 17.1. The van der Waals surface area contributed by atoms with Crippen molar-refractivity contribution in [3.8, 4) is 0 Å². The highest BCUT2D eigenvalue weighted by Crippen LogP contribution is 2.19. The van der Waals surface area contributed by atoms with Crippen molar-refractivity contribution in [2.24, 2.45) is 0 Å². The fourth-order valence-corrected chi connectivity index (χ4v) is 1.82. The number of halogens is 1. The molecule has 4 heteroatoms. The van der Waals surface area contributed by atoms with Gasteiger partial charge in [0.1, 0.15) is 5.82 Å². The number of pyridine rings is 1. The van der Waals surface area contributed by atoms with E-state index in [4.69, 9.17) is 16.3 Å². The van der Waals surface area contributed by atoms with Gasteiger partial charge in [0.25, 0.3) is 0 Å². The minimum absolute atomic E-state index is 0.749. The summed E-state index contributed by atoms with van der Waals surface area (Å²) < 4.78 is 5.28. The average Bonchev–Trinajstić information content (AvgIpc) is 2.18. The molecule has 76 valence electrons. The van der Waals surface area contributed by atoms with Crippen LogP contribution in [0.25, 0.3) is 0 Å². The first kappa shape index (κ1) is 9.74. The van der Waals surface area contributed by atoms with Crippen LogP contribution in [-0.2, 0) is 4.74 Å². The molecule has 0 amide bonds. The third kappa shape index (κ3) is 2.16. The van der Waals surface area contributed by atoms with E-state index >= 15 is 0 Å². The molecule has 1 aliphatic heterocycles. The van der Waals surface area contributed by atoms with Crippen molar-refractivity contribution >= 4 is 17.4 Å². The highest BCUT2D eigenvalue weighted by molar-refractivity contribution is 6.30. The van der Waals surface area contributed by atoms with E-state index in [1.165, 1.54) is 0 Å². The number of ether oxygens (including phenoxy) is 1. The number of morpholine rings is 1. The second-order valence-corrected chi connectivity index (χ2v) is 3.82. The molecule has 2 heterocycles. The molecule has 1 aromatic heterocycles. The van der Waals surface area contributed by atoms with Crippen molar-refractivity contribution in [3.63, 3.8) is 0 Å². The molecule has 0 aliphatic carbocycles. The Morgan fingerprint density at radius 2 is 2.07 bits per heavy atom. The zero-order valence-corrected chi connectivity index (χ0v) is 8.92. The van der Waals surface area contributed by atoms with Crippen LogP contribution in [0.1, 0.15) is 5.69 Å². The lowest BCUT2D eigenvalue weighted by molar-refractivity contribution is 0.122. The number of hydrogen-bond acceptors (Lipinski definition) is 3. The van der Waals surface area contributed by atoms with E-state index in [2.05, 4.69) is 9.88 Å². The second kappa shape index (κ2) is 4.15. The predicted octanol–water partition coefficient (Wildman–Crippen LogP) is 1.88. The molecule has 1 fully saturated rings. The van der Waals surface area contributed by atoms with Crippen LogP contribution < -0.4 is 4.90 Å². The van der Waals surface area contributed by atoms with Crippen molar-refractivity contribution in [3.05, 3.63) is 22.8 Å². The highest BCUT2D eigenvalue weighted by atomic mass is 35.5. The van der Waals surface area contributed by atoms with Gasteiger partial charge >= 0.3 is 0 Å². The maximum atomic E-state index is 5.97. The van der Waals surface area contributed by atoms with Gasteiger partial charge in [0, 0.05) is 23.8 Å². The summed E-state index contributed by atoms with van der Waals surface area (Å²) in [5.41, 5.74) is 0.957. The highest BCUT2D eigenvalue weighted by Gasteiger charge is 2.12. The van der Waals surface area contributed by atoms with Gasteiger partial charge in [-0.25, -0.2) is 4.98 Å². The van der Waals surface area contributed by atoms with Crippen LogP contribution in [0.4, 0.5) is 5.82 Å². The van der Waals surface area contributed by atoms with E-state index in [0.29, 0.717) is 0 Å². The summed E-state index contributed by atoms with van der Waals surface area (Å²) in [6, 6.07) is 3.77. The Balaban J connectivity index is 2.21. The maximum absolute atomic E-state index is 5.97. The van der Waals surface area contributed by atoms with Gasteiger partial charge in [-0.15, -0.1) is 0 Å². The molecule has 0 saturated carbocycles. The van der Waals surface area contributed by atoms with E-state index in [1.54, 1.807) is 0 Å². The maximum Gasteiger partial charge on any atom is 0.130 e. The van der Waals surface area contributed by atoms with Gasteiger partial charge in [0.15, 0.2) is 0 Å². The lowest BCUT2D eigenvalue weighted by Crippen LogP contribution is -2.36. The molecule has 0 unspecified atom stereocenters. The van der Waals surface area contributed by atoms with Crippen LogP contribution in [0.15, 0.2) is 12.1 Å². The Labute approximate surface area is 88.6 Å². The van der Waals surface area contributed by atoms with Crippen LogP contribution in [-0.4, -0.2) is 31.3 Å². The van der Waals surface area contributed by atoms with E-state index < -0.39 is 0 Å². The van der Waals surface area contributed by atoms with Gasteiger partial charge in [0.2, 0.25) is 0 Å². The number of rotatable bonds is 1. The molecule has 1 saturated heterocycles. The number of nitrogens with zero attached hydrogens (tertiary/aromatic N) is 2. The quantitative estimate of drug-likeness (QED) is 0.711. The third-order valence-electron chi connectivity index (χ3n) is 2.24. The Morgan fingerprint density at radius 3 is 2.71 bits per heavy atom. The van der Waals surface area contributed by atoms with Crippen LogP contribution in [0.2, 0.25) is 5.02 Å². The molecule has 14 heavy (non-hydrogen) atoms. The molecule has 2 rings (SSSR count). The first-order valence-electron chi connectivity index (χ1n) is 4.72. The zero-order valence-electron chi connectivity index (χ0n) is 8.16. The van der Waals surface area contributed by atoms with Crippen LogP contribution in [0.5, 0.6) is 0 Å². The van der Waals surface area contributed by atoms with Crippen molar-refractivity contribution in [2.75, 3.05) is 31.2 Å². The average molecular weight is 213 g/mol. The van der Waals surface area contributed by atoms with Gasteiger partial charge in [-0.3, -0.25) is 0 Å². The van der Waals surface area contributed by atoms with E-state index in [9.17, 15) is 0 Å². The predicted molar refractivity (Wildman–Crippen MR) is 57.0 cm³/mol. The largest absolute Gasteiger partial charge is 0.378 e. The Kier molecular flexibility index (Phi) is 2.89. The van der Waals surface area contributed by atoms with Crippen molar-refractivity contribution in [1.82, 2.24) is 4.98 Å². The smallest absolute Gasteiger partial charge is 0.130 e. The van der Waals surface area contributed by atoms with Crippen molar-refractivity contribution in [2.45, 2.75) is 6.92 Å². The van der Waals surface area contributed by atoms with Crippen LogP contribution in [0.3, 0.4) is 0 Å². The third-order valence-corrected chi connectivity index (χ3v) is 2.46. The summed E-state index contributed by atoms with van der Waals surface area (Å²) in [6.45, 7) is 5.29. The lowest BCUT2D eigenvalue weighted by Gasteiger charge is -2.28. The van der Waals surface area contributed by atoms with E-state index in [0.717, 1.165) is 42.8 Å². The molecule has 0 spiro atoms. The summed E-state index contributed by atoms with van der Waals surface area (Å²) in [4.78, 5) is 6.64. The SMILES string of the molecule is Cc1cc(Cl)cc(N2CCOCC2)n1. The molecular formula is C10H13ClN2O. The topological polar surface area (TPSA) is 25.4 Å². The van der Waals surface area contributed by atoms with Gasteiger partial charge < -0.3 is 9.64 Å². The molecule has 0 atom stereocenters. The molecule has 1 aromatic rings. The Hall–Kier alpha value is -0.800. The van der Waals surface area contributed by atoms with E-state index in [1.807, 2.05) is 19.1 Å². The van der Waals surface area contributed by atoms with Crippen LogP contribution >= 0.6 is 11.6 Å². The molecule has 1 aliphatic rings. The molecule has 0 radical (unpaired) electrons. The molecule has 0 aromatic carbocycles. The van der Waals surface area contributed by atoms with E-state index in [-0.39, 0.29) is 0 Å². The standard InChI is InChI=1S/C10H13ClN2O/c1-8-6-9(11)7-10(12-8)13-2-4-14-5-3-13/h6-7H,2-5H2,1H3. The van der Waals surface area contributed by atoms with Crippen molar-refractivity contribution < 1.29 is 4.74 Å². The Bertz CT molecular complexity index is 304. The fraction of sp³-hybridized carbons (Fsp3) is 0.500. The number of anilines is 1. The van der Waals surface area contributed by atoms with Crippen LogP contribution in [0, 0.1) is 6.92 Å². The molecule has 0 N–H and O–H groups in total. The summed E-state index contributed by atoms with van der Waals surface area (Å²) in [5.74, 6) is 0.957. The summed E-state index contributed by atoms with van der Waals surface area (Å²) in [6.07, 6.45) is 0. The van der Waals surface area contributed by atoms with Gasteiger partial charge in [0.05, 0.1) is 13.2 Å². The molecule has 3 nitrogen and oxygen atoms in total. The molecular weight excluding hydrogens is 200 g/mol. The minimum Gasteiger partial charge on any atom is -0.378 e. The number of aryl methyl sites for hydroxylation is 1.